The molecule has 0 spiro atoms. The van der Waals surface area contributed by atoms with Crippen LogP contribution in [-0.2, 0) is 9.59 Å². The fourth-order valence-electron chi connectivity index (χ4n) is 4.30. The van der Waals surface area contributed by atoms with Crippen LogP contribution in [0.25, 0.3) is 6.08 Å². The second kappa shape index (κ2) is 9.72. The number of amides is 2. The number of nitrogens with one attached hydrogen (secondary N) is 1. The lowest BCUT2D eigenvalue weighted by molar-refractivity contribution is -0.117. The molecule has 1 atom stereocenters. The van der Waals surface area contributed by atoms with Crippen molar-refractivity contribution >= 4 is 23.6 Å². The lowest BCUT2D eigenvalue weighted by Gasteiger charge is -2.28. The van der Waals surface area contributed by atoms with E-state index >= 15 is 0 Å². The summed E-state index contributed by atoms with van der Waals surface area (Å²) in [6.45, 7) is 3.55. The number of hydrogen-bond acceptors (Lipinski definition) is 3. The molecule has 30 heavy (non-hydrogen) atoms. The Bertz CT molecular complexity index is 886. The van der Waals surface area contributed by atoms with Gasteiger partial charge in [-0.2, -0.15) is 0 Å². The summed E-state index contributed by atoms with van der Waals surface area (Å²) in [4.78, 5) is 28.5. The van der Waals surface area contributed by atoms with Crippen LogP contribution in [0, 0.1) is 0 Å². The molecule has 2 amide bonds. The summed E-state index contributed by atoms with van der Waals surface area (Å²) < 4.78 is 0. The van der Waals surface area contributed by atoms with Gasteiger partial charge in [0.05, 0.1) is 6.04 Å². The second-order valence-electron chi connectivity index (χ2n) is 7.99. The number of nitrogens with zero attached hydrogens (tertiary/aromatic N) is 2. The molecule has 156 valence electrons. The van der Waals surface area contributed by atoms with E-state index in [-0.39, 0.29) is 17.9 Å². The van der Waals surface area contributed by atoms with Crippen molar-refractivity contribution in [2.75, 3.05) is 31.1 Å². The lowest BCUT2D eigenvalue weighted by Crippen LogP contribution is -2.36. The van der Waals surface area contributed by atoms with Crippen LogP contribution in [0.4, 0.5) is 5.69 Å². The first-order chi connectivity index (χ1) is 14.7. The van der Waals surface area contributed by atoms with E-state index in [1.165, 1.54) is 18.4 Å². The van der Waals surface area contributed by atoms with E-state index in [4.69, 9.17) is 0 Å². The Morgan fingerprint density at radius 3 is 2.37 bits per heavy atom. The Kier molecular flexibility index (Phi) is 6.60. The molecule has 2 saturated heterocycles. The van der Waals surface area contributed by atoms with E-state index in [2.05, 4.69) is 34.5 Å². The third-order valence-electron chi connectivity index (χ3n) is 5.94. The number of carbonyl (C=O) groups excluding carboxylic acids is 2. The summed E-state index contributed by atoms with van der Waals surface area (Å²) in [5, 5.41) is 3.07. The van der Waals surface area contributed by atoms with Crippen LogP contribution >= 0.6 is 0 Å². The van der Waals surface area contributed by atoms with Crippen LogP contribution in [0.5, 0.6) is 0 Å². The van der Waals surface area contributed by atoms with Crippen molar-refractivity contribution in [3.63, 3.8) is 0 Å². The van der Waals surface area contributed by atoms with E-state index in [9.17, 15) is 9.59 Å². The molecule has 0 aliphatic carbocycles. The summed E-state index contributed by atoms with van der Waals surface area (Å²) in [5.41, 5.74) is 3.12. The normalized spacial score (nSPS) is 18.3. The molecule has 1 N–H and O–H groups in total. The van der Waals surface area contributed by atoms with E-state index in [1.54, 1.807) is 6.08 Å². The van der Waals surface area contributed by atoms with Crippen molar-refractivity contribution in [3.05, 3.63) is 71.8 Å². The third kappa shape index (κ3) is 4.97. The van der Waals surface area contributed by atoms with Gasteiger partial charge in [0.25, 0.3) is 0 Å². The summed E-state index contributed by atoms with van der Waals surface area (Å²) in [6, 6.07) is 18.4. The molecule has 2 heterocycles. The smallest absolute Gasteiger partial charge is 0.244 e. The van der Waals surface area contributed by atoms with Gasteiger partial charge in [0.1, 0.15) is 0 Å². The first-order valence-electron chi connectivity index (χ1n) is 10.9. The number of carbonyl (C=O) groups is 2. The maximum atomic E-state index is 12.4. The molecular weight excluding hydrogens is 374 g/mol. The fourth-order valence-corrected chi connectivity index (χ4v) is 4.30. The molecule has 0 saturated carbocycles. The first kappa shape index (κ1) is 20.4. The van der Waals surface area contributed by atoms with Crippen LogP contribution in [0.2, 0.25) is 0 Å². The van der Waals surface area contributed by atoms with Crippen LogP contribution in [0.1, 0.15) is 42.9 Å². The molecule has 2 fully saturated rings. The maximum absolute atomic E-state index is 12.4. The molecule has 4 rings (SSSR count). The Labute approximate surface area is 178 Å². The SMILES string of the molecule is O=C(/C=C/c1ccc(N2CCCC2=O)cc1)NCC(c1ccccc1)N1CCCC1. The first-order valence-corrected chi connectivity index (χ1v) is 10.9. The molecule has 5 heteroatoms. The van der Waals surface area contributed by atoms with E-state index in [0.29, 0.717) is 13.0 Å². The standard InChI is InChI=1S/C25H29N3O2/c29-24(15-12-20-10-13-22(14-11-20)28-18-6-9-25(28)30)26-19-23(27-16-4-5-17-27)21-7-2-1-3-8-21/h1-3,7-8,10-15,23H,4-6,9,16-19H2,(H,26,29)/b15-12+. The maximum Gasteiger partial charge on any atom is 0.244 e. The molecular formula is C25H29N3O2. The summed E-state index contributed by atoms with van der Waals surface area (Å²) in [6.07, 6.45) is 7.39. The van der Waals surface area contributed by atoms with Crippen molar-refractivity contribution in [2.45, 2.75) is 31.7 Å². The van der Waals surface area contributed by atoms with Gasteiger partial charge < -0.3 is 10.2 Å². The average molecular weight is 404 g/mol. The Balaban J connectivity index is 1.34. The van der Waals surface area contributed by atoms with Gasteiger partial charge >= 0.3 is 0 Å². The van der Waals surface area contributed by atoms with Crippen molar-refractivity contribution in [3.8, 4) is 0 Å². The zero-order valence-electron chi connectivity index (χ0n) is 17.3. The van der Waals surface area contributed by atoms with Gasteiger partial charge in [-0.1, -0.05) is 42.5 Å². The van der Waals surface area contributed by atoms with Crippen molar-refractivity contribution in [1.29, 1.82) is 0 Å². The molecule has 2 aliphatic heterocycles. The summed E-state index contributed by atoms with van der Waals surface area (Å²) >= 11 is 0. The molecule has 5 nitrogen and oxygen atoms in total. The van der Waals surface area contributed by atoms with Crippen LogP contribution < -0.4 is 10.2 Å². The minimum atomic E-state index is -0.0890. The van der Waals surface area contributed by atoms with Gasteiger partial charge in [-0.25, -0.2) is 0 Å². The Hall–Kier alpha value is -2.92. The van der Waals surface area contributed by atoms with Crippen LogP contribution in [0.15, 0.2) is 60.7 Å². The highest BCUT2D eigenvalue weighted by atomic mass is 16.2. The van der Waals surface area contributed by atoms with Gasteiger partial charge in [0.2, 0.25) is 11.8 Å². The molecule has 0 aromatic heterocycles. The zero-order valence-corrected chi connectivity index (χ0v) is 17.3. The third-order valence-corrected chi connectivity index (χ3v) is 5.94. The van der Waals surface area contributed by atoms with E-state index < -0.39 is 0 Å². The monoisotopic (exact) mass is 403 g/mol. The van der Waals surface area contributed by atoms with E-state index in [0.717, 1.165) is 37.3 Å². The number of benzene rings is 2. The number of likely N-dealkylation sites (tertiary alicyclic amines) is 1. The van der Waals surface area contributed by atoms with Gasteiger partial charge in [0, 0.05) is 31.3 Å². The topological polar surface area (TPSA) is 52.7 Å². The van der Waals surface area contributed by atoms with Crippen LogP contribution in [0.3, 0.4) is 0 Å². The average Bonchev–Trinajstić information content (AvgIpc) is 3.46. The molecule has 2 aromatic carbocycles. The molecule has 2 aliphatic rings. The minimum Gasteiger partial charge on any atom is -0.351 e. The van der Waals surface area contributed by atoms with E-state index in [1.807, 2.05) is 41.3 Å². The predicted molar refractivity (Wildman–Crippen MR) is 120 cm³/mol. The predicted octanol–water partition coefficient (Wildman–Crippen LogP) is 3.78. The molecule has 1 unspecified atom stereocenters. The van der Waals surface area contributed by atoms with Gasteiger partial charge in [-0.15, -0.1) is 0 Å². The lowest BCUT2D eigenvalue weighted by atomic mass is 10.1. The summed E-state index contributed by atoms with van der Waals surface area (Å²) in [5.74, 6) is 0.0950. The highest BCUT2D eigenvalue weighted by molar-refractivity contribution is 5.95. The molecule has 2 aromatic rings. The number of hydrogen-bond donors (Lipinski definition) is 1. The number of rotatable bonds is 7. The van der Waals surface area contributed by atoms with Crippen molar-refractivity contribution in [1.82, 2.24) is 10.2 Å². The second-order valence-corrected chi connectivity index (χ2v) is 7.99. The Morgan fingerprint density at radius 1 is 0.967 bits per heavy atom. The highest BCUT2D eigenvalue weighted by Gasteiger charge is 2.23. The van der Waals surface area contributed by atoms with Crippen molar-refractivity contribution in [2.24, 2.45) is 0 Å². The largest absolute Gasteiger partial charge is 0.351 e. The van der Waals surface area contributed by atoms with Gasteiger partial charge in [-0.3, -0.25) is 14.5 Å². The molecule has 0 bridgehead atoms. The van der Waals surface area contributed by atoms with Crippen LogP contribution in [-0.4, -0.2) is 42.9 Å². The number of anilines is 1. The van der Waals surface area contributed by atoms with Gasteiger partial charge in [-0.05, 0) is 61.7 Å². The fraction of sp³-hybridized carbons (Fsp3) is 0.360. The minimum absolute atomic E-state index is 0.0890. The summed E-state index contributed by atoms with van der Waals surface area (Å²) in [7, 11) is 0. The van der Waals surface area contributed by atoms with Crippen molar-refractivity contribution < 1.29 is 9.59 Å². The highest BCUT2D eigenvalue weighted by Crippen LogP contribution is 2.24. The molecule has 0 radical (unpaired) electrons. The Morgan fingerprint density at radius 2 is 1.70 bits per heavy atom. The quantitative estimate of drug-likeness (QED) is 0.716. The zero-order chi connectivity index (χ0) is 20.8. The van der Waals surface area contributed by atoms with Gasteiger partial charge in [0.15, 0.2) is 0 Å².